The molecule has 0 bridgehead atoms. The number of benzene rings is 2. The highest BCUT2D eigenvalue weighted by molar-refractivity contribution is 5.83. The normalized spacial score (nSPS) is 20.1. The Labute approximate surface area is 163 Å². The van der Waals surface area contributed by atoms with Crippen LogP contribution in [0.2, 0.25) is 0 Å². The minimum atomic E-state index is -0.884. The molecule has 0 aromatic heterocycles. The fourth-order valence-corrected chi connectivity index (χ4v) is 3.89. The maximum absolute atomic E-state index is 12.7. The highest BCUT2D eigenvalue weighted by Crippen LogP contribution is 2.44. The van der Waals surface area contributed by atoms with Crippen molar-refractivity contribution in [3.05, 3.63) is 72.1 Å². The van der Waals surface area contributed by atoms with Gasteiger partial charge in [-0.25, -0.2) is 9.59 Å². The van der Waals surface area contributed by atoms with Crippen molar-refractivity contribution in [3.8, 4) is 11.1 Å². The zero-order valence-electron chi connectivity index (χ0n) is 15.7. The highest BCUT2D eigenvalue weighted by atomic mass is 16.6. The van der Waals surface area contributed by atoms with E-state index in [0.717, 1.165) is 22.3 Å². The first kappa shape index (κ1) is 18.1. The minimum absolute atomic E-state index is 0.0460. The van der Waals surface area contributed by atoms with Crippen LogP contribution in [0.25, 0.3) is 11.1 Å². The second kappa shape index (κ2) is 7.38. The Balaban J connectivity index is 1.54. The predicted molar refractivity (Wildman–Crippen MR) is 102 cm³/mol. The molecule has 2 aromatic carbocycles. The van der Waals surface area contributed by atoms with Gasteiger partial charge in [-0.15, -0.1) is 0 Å². The molecular weight excluding hydrogens is 358 g/mol. The zero-order valence-corrected chi connectivity index (χ0v) is 15.7. The lowest BCUT2D eigenvalue weighted by Crippen LogP contribution is -2.51. The van der Waals surface area contributed by atoms with E-state index in [9.17, 15) is 9.59 Å². The molecule has 1 amide bonds. The number of ether oxygens (including phenoxy) is 3. The van der Waals surface area contributed by atoms with Gasteiger partial charge in [0, 0.05) is 12.1 Å². The van der Waals surface area contributed by atoms with Gasteiger partial charge in [-0.05, 0) is 29.2 Å². The molecular formula is C22H21NO5. The summed E-state index contributed by atoms with van der Waals surface area (Å²) in [6.07, 6.45) is 1.65. The van der Waals surface area contributed by atoms with Crippen LogP contribution in [0.15, 0.2) is 61.0 Å². The van der Waals surface area contributed by atoms with Crippen LogP contribution in [-0.2, 0) is 19.0 Å². The number of carbonyl (C=O) groups excluding carboxylic acids is 2. The lowest BCUT2D eigenvalue weighted by atomic mass is 9.98. The van der Waals surface area contributed by atoms with Gasteiger partial charge < -0.3 is 14.2 Å². The van der Waals surface area contributed by atoms with Crippen LogP contribution >= 0.6 is 0 Å². The first-order valence-electron chi connectivity index (χ1n) is 9.15. The average molecular weight is 379 g/mol. The summed E-state index contributed by atoms with van der Waals surface area (Å²) in [5, 5.41) is 0. The number of nitrogens with zero attached hydrogens (tertiary/aromatic N) is 1. The molecule has 0 saturated heterocycles. The lowest BCUT2D eigenvalue weighted by molar-refractivity contribution is -0.150. The van der Waals surface area contributed by atoms with Crippen molar-refractivity contribution in [1.82, 2.24) is 4.90 Å². The summed E-state index contributed by atoms with van der Waals surface area (Å²) in [5.74, 6) is -0.597. The van der Waals surface area contributed by atoms with Gasteiger partial charge in [0.2, 0.25) is 0 Å². The van der Waals surface area contributed by atoms with Gasteiger partial charge >= 0.3 is 12.1 Å². The lowest BCUT2D eigenvalue weighted by Gasteiger charge is -2.33. The van der Waals surface area contributed by atoms with Crippen molar-refractivity contribution in [2.24, 2.45) is 0 Å². The second-order valence-corrected chi connectivity index (χ2v) is 6.81. The van der Waals surface area contributed by atoms with E-state index in [1.165, 1.54) is 24.5 Å². The monoisotopic (exact) mass is 379 g/mol. The van der Waals surface area contributed by atoms with E-state index >= 15 is 0 Å². The molecule has 0 radical (unpaired) electrons. The smallest absolute Gasteiger partial charge is 0.414 e. The van der Waals surface area contributed by atoms with Gasteiger partial charge in [-0.3, -0.25) is 4.90 Å². The van der Waals surface area contributed by atoms with Crippen molar-refractivity contribution in [1.29, 1.82) is 0 Å². The molecule has 0 saturated carbocycles. The molecule has 1 aliphatic carbocycles. The summed E-state index contributed by atoms with van der Waals surface area (Å²) >= 11 is 0. The van der Waals surface area contributed by atoms with Gasteiger partial charge in [-0.1, -0.05) is 48.5 Å². The van der Waals surface area contributed by atoms with Crippen molar-refractivity contribution < 1.29 is 23.8 Å². The summed E-state index contributed by atoms with van der Waals surface area (Å²) in [6.45, 7) is 1.88. The molecule has 6 nitrogen and oxygen atoms in total. The fraction of sp³-hybridized carbons (Fsp3) is 0.273. The molecule has 6 heteroatoms. The number of carbonyl (C=O) groups is 2. The summed E-state index contributed by atoms with van der Waals surface area (Å²) in [4.78, 5) is 26.1. The predicted octanol–water partition coefficient (Wildman–Crippen LogP) is 3.67. The first-order chi connectivity index (χ1) is 13.6. The second-order valence-electron chi connectivity index (χ2n) is 6.81. The molecule has 28 heavy (non-hydrogen) atoms. The molecule has 2 aromatic rings. The number of hydrogen-bond donors (Lipinski definition) is 0. The van der Waals surface area contributed by atoms with Crippen LogP contribution in [0.5, 0.6) is 0 Å². The van der Waals surface area contributed by atoms with E-state index in [4.69, 9.17) is 14.2 Å². The van der Waals surface area contributed by atoms with Crippen LogP contribution in [0.1, 0.15) is 24.0 Å². The standard InChI is InChI=1S/C22H21NO5/c1-14-20(21(24)26-2)23(11-12-27-14)22(25)28-13-19-17-9-5-3-7-15(17)16-8-4-6-10-18(16)19/h3-12,14,19-20H,13H2,1-2H3/t14-,20+/m1/s1. The maximum atomic E-state index is 12.7. The SMILES string of the molecule is COC(=O)[C@@H]1[C@@H](C)OC=CN1C(=O)OCC1c2ccccc2-c2ccccc21. The van der Waals surface area contributed by atoms with Gasteiger partial charge in [-0.2, -0.15) is 0 Å². The van der Waals surface area contributed by atoms with E-state index in [1.807, 2.05) is 24.3 Å². The average Bonchev–Trinajstić information content (AvgIpc) is 3.05. The highest BCUT2D eigenvalue weighted by Gasteiger charge is 2.39. The summed E-state index contributed by atoms with van der Waals surface area (Å²) < 4.78 is 15.8. The summed E-state index contributed by atoms with van der Waals surface area (Å²) in [6, 6.07) is 15.4. The van der Waals surface area contributed by atoms with E-state index in [1.54, 1.807) is 6.92 Å². The maximum Gasteiger partial charge on any atom is 0.414 e. The first-order valence-corrected chi connectivity index (χ1v) is 9.15. The van der Waals surface area contributed by atoms with Crippen molar-refractivity contribution in [3.63, 3.8) is 0 Å². The Morgan fingerprint density at radius 2 is 1.64 bits per heavy atom. The molecule has 0 spiro atoms. The third-order valence-electron chi connectivity index (χ3n) is 5.25. The molecule has 1 heterocycles. The number of fused-ring (bicyclic) bond motifs is 3. The van der Waals surface area contributed by atoms with Crippen LogP contribution in [0, 0.1) is 0 Å². The molecule has 1 aliphatic heterocycles. The molecule has 2 atom stereocenters. The topological polar surface area (TPSA) is 65.1 Å². The van der Waals surface area contributed by atoms with Gasteiger partial charge in [0.05, 0.1) is 13.4 Å². The number of amides is 1. The van der Waals surface area contributed by atoms with Gasteiger partial charge in [0.15, 0.2) is 6.04 Å². The van der Waals surface area contributed by atoms with E-state index < -0.39 is 24.2 Å². The van der Waals surface area contributed by atoms with Crippen LogP contribution in [-0.4, -0.2) is 42.8 Å². The Morgan fingerprint density at radius 3 is 2.25 bits per heavy atom. The fourth-order valence-electron chi connectivity index (χ4n) is 3.89. The Morgan fingerprint density at radius 1 is 1.04 bits per heavy atom. The number of esters is 1. The molecule has 2 aliphatic rings. The largest absolute Gasteiger partial charge is 0.494 e. The van der Waals surface area contributed by atoms with E-state index in [2.05, 4.69) is 24.3 Å². The van der Waals surface area contributed by atoms with Crippen LogP contribution < -0.4 is 0 Å². The number of rotatable bonds is 3. The van der Waals surface area contributed by atoms with Crippen molar-refractivity contribution in [2.75, 3.05) is 13.7 Å². The molecule has 0 N–H and O–H groups in total. The van der Waals surface area contributed by atoms with E-state index in [-0.39, 0.29) is 12.5 Å². The number of methoxy groups -OCH3 is 1. The molecule has 0 fully saturated rings. The van der Waals surface area contributed by atoms with E-state index in [0.29, 0.717) is 0 Å². The molecule has 0 unspecified atom stereocenters. The molecule has 4 rings (SSSR count). The Kier molecular flexibility index (Phi) is 4.77. The van der Waals surface area contributed by atoms with Gasteiger partial charge in [0.1, 0.15) is 12.7 Å². The third-order valence-corrected chi connectivity index (χ3v) is 5.25. The summed E-state index contributed by atoms with van der Waals surface area (Å²) in [5.41, 5.74) is 4.58. The van der Waals surface area contributed by atoms with Gasteiger partial charge in [0.25, 0.3) is 0 Å². The number of hydrogen-bond acceptors (Lipinski definition) is 5. The summed E-state index contributed by atoms with van der Waals surface area (Å²) in [7, 11) is 1.28. The quantitative estimate of drug-likeness (QED) is 0.762. The minimum Gasteiger partial charge on any atom is -0.494 e. The van der Waals surface area contributed by atoms with Crippen molar-refractivity contribution >= 4 is 12.1 Å². The third kappa shape index (κ3) is 3.01. The molecule has 144 valence electrons. The zero-order chi connectivity index (χ0) is 19.7. The Hall–Kier alpha value is -3.28. The van der Waals surface area contributed by atoms with Crippen molar-refractivity contribution in [2.45, 2.75) is 25.0 Å². The Bertz CT molecular complexity index is 893. The van der Waals surface area contributed by atoms with Crippen LogP contribution in [0.3, 0.4) is 0 Å². The van der Waals surface area contributed by atoms with Crippen LogP contribution in [0.4, 0.5) is 4.79 Å².